The molecule has 0 fully saturated rings. The van der Waals surface area contributed by atoms with Crippen molar-refractivity contribution in [3.63, 3.8) is 0 Å². The zero-order chi connectivity index (χ0) is 28.6. The molecule has 1 aromatic heterocycles. The summed E-state index contributed by atoms with van der Waals surface area (Å²) >= 11 is 0. The first-order valence-electron chi connectivity index (χ1n) is 12.3. The molecular weight excluding hydrogens is 523 g/mol. The normalized spacial score (nSPS) is 11.5. The number of halogens is 3. The van der Waals surface area contributed by atoms with Gasteiger partial charge in [0.2, 0.25) is 6.43 Å². The molecular formula is C28H24F3N7O2. The average Bonchev–Trinajstić information content (AvgIpc) is 3.28. The van der Waals surface area contributed by atoms with Crippen LogP contribution in [0.5, 0.6) is 0 Å². The Morgan fingerprint density at radius 1 is 1.10 bits per heavy atom. The van der Waals surface area contributed by atoms with Gasteiger partial charge in [0.15, 0.2) is 0 Å². The molecule has 0 saturated heterocycles. The SMILES string of the molecule is CC(C)c1cc(C(=O)Nc2ccc(-c3nc(CC(F)F)c4[nH]cnc(N)c3-4)cc2)c(=O)n(-c2ccc(F)cc2)n1. The van der Waals surface area contributed by atoms with Gasteiger partial charge in [-0.05, 0) is 48.4 Å². The number of aromatic amines is 1. The van der Waals surface area contributed by atoms with E-state index in [4.69, 9.17) is 5.73 Å². The summed E-state index contributed by atoms with van der Waals surface area (Å²) in [5, 5.41) is 7.06. The number of alkyl halides is 2. The number of anilines is 2. The minimum Gasteiger partial charge on any atom is -0.383 e. The number of nitrogens with two attached hydrogens (primary N) is 1. The van der Waals surface area contributed by atoms with Gasteiger partial charge in [-0.1, -0.05) is 26.0 Å². The van der Waals surface area contributed by atoms with Gasteiger partial charge in [-0.15, -0.1) is 0 Å². The third-order valence-corrected chi connectivity index (χ3v) is 6.29. The Morgan fingerprint density at radius 3 is 2.45 bits per heavy atom. The topological polar surface area (TPSA) is 132 Å². The Labute approximate surface area is 226 Å². The van der Waals surface area contributed by atoms with Crippen molar-refractivity contribution in [2.45, 2.75) is 32.6 Å². The summed E-state index contributed by atoms with van der Waals surface area (Å²) in [7, 11) is 0. The molecule has 1 amide bonds. The summed E-state index contributed by atoms with van der Waals surface area (Å²) in [6.07, 6.45) is -1.82. The number of aromatic nitrogens is 5. The minimum atomic E-state index is -2.59. The quantitative estimate of drug-likeness (QED) is 0.262. The van der Waals surface area contributed by atoms with Crippen molar-refractivity contribution in [2.24, 2.45) is 0 Å². The highest BCUT2D eigenvalue weighted by Gasteiger charge is 2.25. The van der Waals surface area contributed by atoms with Crippen molar-refractivity contribution >= 4 is 17.4 Å². The summed E-state index contributed by atoms with van der Waals surface area (Å²) in [5.74, 6) is -1.08. The Hall–Kier alpha value is -5.00. The van der Waals surface area contributed by atoms with Crippen LogP contribution in [0.25, 0.3) is 28.2 Å². The largest absolute Gasteiger partial charge is 0.383 e. The fraction of sp³-hybridized carbons (Fsp3) is 0.179. The maximum atomic E-state index is 13.4. The summed E-state index contributed by atoms with van der Waals surface area (Å²) < 4.78 is 40.8. The lowest BCUT2D eigenvalue weighted by molar-refractivity contribution is 0.102. The number of amides is 1. The highest BCUT2D eigenvalue weighted by molar-refractivity contribution is 6.04. The lowest BCUT2D eigenvalue weighted by Gasteiger charge is -2.13. The zero-order valence-electron chi connectivity index (χ0n) is 21.5. The van der Waals surface area contributed by atoms with Crippen molar-refractivity contribution < 1.29 is 18.0 Å². The number of nitrogens with one attached hydrogen (secondary N) is 2. The fourth-order valence-corrected chi connectivity index (χ4v) is 4.27. The highest BCUT2D eigenvalue weighted by Crippen LogP contribution is 2.38. The first kappa shape index (κ1) is 26.6. The van der Waals surface area contributed by atoms with Crippen LogP contribution in [0.3, 0.4) is 0 Å². The van der Waals surface area contributed by atoms with E-state index in [0.717, 1.165) is 4.68 Å². The third-order valence-electron chi connectivity index (χ3n) is 6.29. The summed E-state index contributed by atoms with van der Waals surface area (Å²) in [4.78, 5) is 37.7. The highest BCUT2D eigenvalue weighted by atomic mass is 19.3. The first-order chi connectivity index (χ1) is 19.1. The van der Waals surface area contributed by atoms with Gasteiger partial charge in [0.05, 0.1) is 46.8 Å². The number of carbonyl (C=O) groups is 1. The second kappa shape index (κ2) is 10.6. The van der Waals surface area contributed by atoms with Gasteiger partial charge in [0.1, 0.15) is 17.2 Å². The molecule has 0 spiro atoms. The van der Waals surface area contributed by atoms with Gasteiger partial charge in [-0.3, -0.25) is 9.59 Å². The van der Waals surface area contributed by atoms with Crippen molar-refractivity contribution in [1.29, 1.82) is 0 Å². The number of rotatable bonds is 7. The number of fused-ring (bicyclic) bond motifs is 1. The Morgan fingerprint density at radius 2 is 1.80 bits per heavy atom. The Bertz CT molecular complexity index is 1710. The number of carbonyl (C=O) groups excluding carboxylic acids is 1. The monoisotopic (exact) mass is 547 g/mol. The van der Waals surface area contributed by atoms with E-state index in [9.17, 15) is 22.8 Å². The smallest absolute Gasteiger partial charge is 0.284 e. The van der Waals surface area contributed by atoms with Crippen LogP contribution in [-0.4, -0.2) is 37.1 Å². The number of hydrogen-bond acceptors (Lipinski definition) is 6. The molecule has 2 aliphatic heterocycles. The number of benzene rings is 2. The summed E-state index contributed by atoms with van der Waals surface area (Å²) in [5.41, 5.74) is 8.36. The maximum Gasteiger partial charge on any atom is 0.284 e. The van der Waals surface area contributed by atoms with Crippen LogP contribution >= 0.6 is 0 Å². The number of hydrogen-bond donors (Lipinski definition) is 3. The van der Waals surface area contributed by atoms with Gasteiger partial charge in [0.25, 0.3) is 11.5 Å². The molecule has 40 heavy (non-hydrogen) atoms. The Balaban J connectivity index is 1.46. The van der Waals surface area contributed by atoms with E-state index in [1.807, 2.05) is 13.8 Å². The van der Waals surface area contributed by atoms with E-state index in [-0.39, 0.29) is 23.0 Å². The van der Waals surface area contributed by atoms with Crippen molar-refractivity contribution in [2.75, 3.05) is 11.1 Å². The molecule has 3 heterocycles. The summed E-state index contributed by atoms with van der Waals surface area (Å²) in [6.45, 7) is 3.74. The molecule has 204 valence electrons. The average molecular weight is 548 g/mol. The van der Waals surface area contributed by atoms with E-state index in [0.29, 0.717) is 39.6 Å². The Kier molecular flexibility index (Phi) is 7.07. The van der Waals surface area contributed by atoms with Gasteiger partial charge in [0, 0.05) is 11.3 Å². The van der Waals surface area contributed by atoms with E-state index in [2.05, 4.69) is 25.4 Å². The van der Waals surface area contributed by atoms with Gasteiger partial charge in [-0.25, -0.2) is 23.1 Å². The van der Waals surface area contributed by atoms with E-state index in [1.165, 1.54) is 36.7 Å². The van der Waals surface area contributed by atoms with Crippen LogP contribution in [0.15, 0.2) is 65.7 Å². The lowest BCUT2D eigenvalue weighted by Crippen LogP contribution is -2.31. The van der Waals surface area contributed by atoms with Crippen LogP contribution in [0, 0.1) is 5.82 Å². The number of H-pyrrole nitrogens is 1. The van der Waals surface area contributed by atoms with Crippen LogP contribution in [0.4, 0.5) is 24.7 Å². The summed E-state index contributed by atoms with van der Waals surface area (Å²) in [6, 6.07) is 13.2. The molecule has 4 N–H and O–H groups in total. The van der Waals surface area contributed by atoms with Crippen LogP contribution in [-0.2, 0) is 6.42 Å². The van der Waals surface area contributed by atoms with Gasteiger partial charge < -0.3 is 16.0 Å². The molecule has 0 saturated carbocycles. The van der Waals surface area contributed by atoms with Crippen molar-refractivity contribution in [3.05, 3.63) is 94.0 Å². The third kappa shape index (κ3) is 5.15. The minimum absolute atomic E-state index is 0.0980. The van der Waals surface area contributed by atoms with Gasteiger partial charge >= 0.3 is 0 Å². The molecule has 0 radical (unpaired) electrons. The molecule has 12 heteroatoms. The maximum absolute atomic E-state index is 13.4. The van der Waals surface area contributed by atoms with E-state index < -0.39 is 30.1 Å². The van der Waals surface area contributed by atoms with E-state index in [1.54, 1.807) is 24.3 Å². The number of nitrogen functional groups attached to an aromatic ring is 1. The molecule has 9 nitrogen and oxygen atoms in total. The lowest BCUT2D eigenvalue weighted by atomic mass is 10.0. The number of nitrogens with zero attached hydrogens (tertiary/aromatic N) is 4. The van der Waals surface area contributed by atoms with Gasteiger partial charge in [-0.2, -0.15) is 9.78 Å². The van der Waals surface area contributed by atoms with Crippen molar-refractivity contribution in [3.8, 4) is 28.2 Å². The molecule has 0 atom stereocenters. The molecule has 0 unspecified atom stereocenters. The molecule has 0 aliphatic carbocycles. The predicted molar refractivity (Wildman–Crippen MR) is 144 cm³/mol. The second-order valence-corrected chi connectivity index (χ2v) is 9.40. The van der Waals surface area contributed by atoms with Crippen LogP contribution in [0.2, 0.25) is 0 Å². The molecule has 2 aromatic carbocycles. The fourth-order valence-electron chi connectivity index (χ4n) is 4.27. The predicted octanol–water partition coefficient (Wildman–Crippen LogP) is 5.03. The first-order valence-corrected chi connectivity index (χ1v) is 12.3. The van der Waals surface area contributed by atoms with E-state index >= 15 is 0 Å². The molecule has 0 bridgehead atoms. The standard InChI is InChI=1S/C28H24F3N7O2/c1-14(2)20-11-19(28(40)38(37-20)18-9-5-16(29)6-10-18)27(39)35-17-7-3-15(4-8-17)24-23-25(33-13-34-26(23)32)21(36-24)12-22(30)31/h3-11,13-14,22H,12,32H2,1-2H3,(H,33,34)(H,35,39). The van der Waals surface area contributed by atoms with Crippen LogP contribution < -0.4 is 16.6 Å². The zero-order valence-corrected chi connectivity index (χ0v) is 21.5. The van der Waals surface area contributed by atoms with Crippen molar-refractivity contribution in [1.82, 2.24) is 24.7 Å². The molecule has 3 aromatic rings. The molecule has 2 aliphatic rings. The second-order valence-electron chi connectivity index (χ2n) is 9.40. The van der Waals surface area contributed by atoms with Crippen LogP contribution in [0.1, 0.15) is 41.5 Å². The molecule has 5 rings (SSSR count).